The normalized spacial score (nSPS) is 14.0. The molecule has 0 spiro atoms. The molecule has 0 saturated heterocycles. The minimum absolute atomic E-state index is 0.0776. The molecule has 116 valence electrons. The Kier molecular flexibility index (Phi) is 3.37. The van der Waals surface area contributed by atoms with E-state index in [0.717, 1.165) is 47.3 Å². The first-order chi connectivity index (χ1) is 11.2. The van der Waals surface area contributed by atoms with Crippen molar-refractivity contribution < 1.29 is 9.32 Å². The maximum atomic E-state index is 12.8. The van der Waals surface area contributed by atoms with Crippen LogP contribution in [0.15, 0.2) is 47.0 Å². The third-order valence-electron chi connectivity index (χ3n) is 4.43. The van der Waals surface area contributed by atoms with Crippen molar-refractivity contribution in [1.29, 1.82) is 0 Å². The summed E-state index contributed by atoms with van der Waals surface area (Å²) in [5.41, 5.74) is 4.87. The highest BCUT2D eigenvalue weighted by Crippen LogP contribution is 2.28. The van der Waals surface area contributed by atoms with Crippen LogP contribution >= 0.6 is 0 Å². The molecule has 0 radical (unpaired) electrons. The molecule has 3 aromatic rings. The number of anilines is 1. The van der Waals surface area contributed by atoms with Gasteiger partial charge in [-0.1, -0.05) is 35.0 Å². The van der Waals surface area contributed by atoms with Gasteiger partial charge in [0.1, 0.15) is 5.69 Å². The van der Waals surface area contributed by atoms with Gasteiger partial charge in [-0.25, -0.2) is 0 Å². The monoisotopic (exact) mass is 306 g/mol. The van der Waals surface area contributed by atoms with Crippen LogP contribution in [0.4, 0.5) is 5.69 Å². The summed E-state index contributed by atoms with van der Waals surface area (Å²) >= 11 is 0. The molecular formula is C19H18N2O2. The summed E-state index contributed by atoms with van der Waals surface area (Å²) in [5.74, 6) is 0.0776. The molecule has 0 aliphatic carbocycles. The molecule has 4 nitrogen and oxygen atoms in total. The zero-order chi connectivity index (χ0) is 15.8. The molecule has 23 heavy (non-hydrogen) atoms. The van der Waals surface area contributed by atoms with Crippen molar-refractivity contribution in [2.75, 3.05) is 11.4 Å². The molecule has 4 rings (SSSR count). The number of benzene rings is 2. The number of carbonyl (C=O) groups excluding carboxylic acids is 1. The third-order valence-corrected chi connectivity index (χ3v) is 4.43. The molecule has 0 fully saturated rings. The SMILES string of the molecule is Cc1ccc2onc(CC(=O)N3CCCc4ccccc43)c2c1. The van der Waals surface area contributed by atoms with Crippen molar-refractivity contribution in [2.24, 2.45) is 0 Å². The van der Waals surface area contributed by atoms with Crippen LogP contribution in [-0.2, 0) is 17.6 Å². The van der Waals surface area contributed by atoms with E-state index < -0.39 is 0 Å². The van der Waals surface area contributed by atoms with Crippen LogP contribution in [-0.4, -0.2) is 17.6 Å². The lowest BCUT2D eigenvalue weighted by atomic mass is 10.0. The van der Waals surface area contributed by atoms with E-state index in [-0.39, 0.29) is 12.3 Å². The van der Waals surface area contributed by atoms with E-state index in [9.17, 15) is 4.79 Å². The molecule has 1 aromatic heterocycles. The maximum Gasteiger partial charge on any atom is 0.233 e. The van der Waals surface area contributed by atoms with Gasteiger partial charge in [-0.15, -0.1) is 0 Å². The zero-order valence-corrected chi connectivity index (χ0v) is 13.1. The molecule has 0 N–H and O–H groups in total. The Morgan fingerprint density at radius 1 is 1.26 bits per heavy atom. The second kappa shape index (κ2) is 5.54. The maximum absolute atomic E-state index is 12.8. The van der Waals surface area contributed by atoms with Gasteiger partial charge in [-0.2, -0.15) is 0 Å². The van der Waals surface area contributed by atoms with Crippen LogP contribution in [0.5, 0.6) is 0 Å². The van der Waals surface area contributed by atoms with E-state index >= 15 is 0 Å². The molecule has 0 bridgehead atoms. The topological polar surface area (TPSA) is 46.3 Å². The first-order valence-corrected chi connectivity index (χ1v) is 7.95. The molecule has 1 aliphatic heterocycles. The van der Waals surface area contributed by atoms with Gasteiger partial charge in [0.2, 0.25) is 5.91 Å². The van der Waals surface area contributed by atoms with E-state index in [1.54, 1.807) is 0 Å². The lowest BCUT2D eigenvalue weighted by molar-refractivity contribution is -0.118. The number of fused-ring (bicyclic) bond motifs is 2. The zero-order valence-electron chi connectivity index (χ0n) is 13.1. The molecular weight excluding hydrogens is 288 g/mol. The van der Waals surface area contributed by atoms with Crippen LogP contribution in [0.1, 0.15) is 23.2 Å². The van der Waals surface area contributed by atoms with Crippen molar-refractivity contribution >= 4 is 22.6 Å². The number of amides is 1. The van der Waals surface area contributed by atoms with Crippen molar-refractivity contribution in [3.8, 4) is 0 Å². The summed E-state index contributed by atoms with van der Waals surface area (Å²) in [4.78, 5) is 14.7. The van der Waals surface area contributed by atoms with Gasteiger partial charge in [-0.05, 0) is 43.5 Å². The Hall–Kier alpha value is -2.62. The Labute approximate surface area is 134 Å². The fourth-order valence-electron chi connectivity index (χ4n) is 3.26. The molecule has 4 heteroatoms. The number of carbonyl (C=O) groups is 1. The summed E-state index contributed by atoms with van der Waals surface area (Å²) in [5, 5.41) is 5.04. The summed E-state index contributed by atoms with van der Waals surface area (Å²) in [7, 11) is 0. The predicted molar refractivity (Wildman–Crippen MR) is 89.6 cm³/mol. The number of para-hydroxylation sites is 1. The Morgan fingerprint density at radius 3 is 3.04 bits per heavy atom. The fraction of sp³-hybridized carbons (Fsp3) is 0.263. The minimum Gasteiger partial charge on any atom is -0.356 e. The first kappa shape index (κ1) is 14.0. The van der Waals surface area contributed by atoms with E-state index in [1.807, 2.05) is 48.2 Å². The fourth-order valence-corrected chi connectivity index (χ4v) is 3.26. The average molecular weight is 306 g/mol. The van der Waals surface area contributed by atoms with E-state index in [4.69, 9.17) is 4.52 Å². The van der Waals surface area contributed by atoms with Crippen molar-refractivity contribution in [3.63, 3.8) is 0 Å². The van der Waals surface area contributed by atoms with Crippen LogP contribution in [0.3, 0.4) is 0 Å². The van der Waals surface area contributed by atoms with Gasteiger partial charge < -0.3 is 9.42 Å². The van der Waals surface area contributed by atoms with Gasteiger partial charge in [-0.3, -0.25) is 4.79 Å². The molecule has 2 aromatic carbocycles. The lowest BCUT2D eigenvalue weighted by Crippen LogP contribution is -2.36. The second-order valence-electron chi connectivity index (χ2n) is 6.08. The number of aryl methyl sites for hydroxylation is 2. The standard InChI is InChI=1S/C19H18N2O2/c1-13-8-9-18-15(11-13)16(20-23-18)12-19(22)21-10-4-6-14-5-2-3-7-17(14)21/h2-3,5,7-9,11H,4,6,10,12H2,1H3. The Bertz CT molecular complexity index is 882. The largest absolute Gasteiger partial charge is 0.356 e. The van der Waals surface area contributed by atoms with Gasteiger partial charge in [0.05, 0.1) is 6.42 Å². The molecule has 0 saturated carbocycles. The predicted octanol–water partition coefficient (Wildman–Crippen LogP) is 3.66. The summed E-state index contributed by atoms with van der Waals surface area (Å²) in [6.45, 7) is 2.80. The van der Waals surface area contributed by atoms with Crippen LogP contribution in [0.25, 0.3) is 11.0 Å². The highest BCUT2D eigenvalue weighted by Gasteiger charge is 2.23. The third kappa shape index (κ3) is 2.50. The Morgan fingerprint density at radius 2 is 2.13 bits per heavy atom. The second-order valence-corrected chi connectivity index (χ2v) is 6.08. The van der Waals surface area contributed by atoms with Crippen LogP contribution in [0, 0.1) is 6.92 Å². The van der Waals surface area contributed by atoms with E-state index in [0.29, 0.717) is 0 Å². The number of nitrogens with zero attached hydrogens (tertiary/aromatic N) is 2. The highest BCUT2D eigenvalue weighted by molar-refractivity contribution is 5.97. The summed E-state index contributed by atoms with van der Waals surface area (Å²) in [6, 6.07) is 14.1. The average Bonchev–Trinajstić information content (AvgIpc) is 2.96. The van der Waals surface area contributed by atoms with Gasteiger partial charge in [0.15, 0.2) is 5.58 Å². The van der Waals surface area contributed by atoms with E-state index in [2.05, 4.69) is 11.2 Å². The molecule has 2 heterocycles. The number of hydrogen-bond acceptors (Lipinski definition) is 3. The van der Waals surface area contributed by atoms with E-state index in [1.165, 1.54) is 5.56 Å². The summed E-state index contributed by atoms with van der Waals surface area (Å²) in [6.07, 6.45) is 2.30. The van der Waals surface area contributed by atoms with Crippen molar-refractivity contribution in [2.45, 2.75) is 26.2 Å². The molecule has 0 atom stereocenters. The quantitative estimate of drug-likeness (QED) is 0.726. The number of aromatic nitrogens is 1. The van der Waals surface area contributed by atoms with Crippen LogP contribution in [0.2, 0.25) is 0 Å². The number of hydrogen-bond donors (Lipinski definition) is 0. The lowest BCUT2D eigenvalue weighted by Gasteiger charge is -2.29. The van der Waals surface area contributed by atoms with Crippen molar-refractivity contribution in [3.05, 3.63) is 59.3 Å². The molecule has 1 amide bonds. The minimum atomic E-state index is 0.0776. The van der Waals surface area contributed by atoms with Gasteiger partial charge in [0.25, 0.3) is 0 Å². The highest BCUT2D eigenvalue weighted by atomic mass is 16.5. The van der Waals surface area contributed by atoms with Gasteiger partial charge >= 0.3 is 0 Å². The van der Waals surface area contributed by atoms with Crippen LogP contribution < -0.4 is 4.90 Å². The number of rotatable bonds is 2. The molecule has 1 aliphatic rings. The first-order valence-electron chi connectivity index (χ1n) is 7.95. The van der Waals surface area contributed by atoms with Crippen molar-refractivity contribution in [1.82, 2.24) is 5.16 Å². The van der Waals surface area contributed by atoms with Gasteiger partial charge in [0, 0.05) is 17.6 Å². The smallest absolute Gasteiger partial charge is 0.233 e. The Balaban J connectivity index is 1.64. The summed E-state index contributed by atoms with van der Waals surface area (Å²) < 4.78 is 5.34. The molecule has 0 unspecified atom stereocenters.